The minimum absolute atomic E-state index is 0.211. The molecule has 2 heterocycles. The molecule has 2 aromatic heterocycles. The molecular weight excluding hydrogens is 274 g/mol. The SMILES string of the molecule is Cc1ncoc1C(=O)Nc1ccc(Br)nc1. The van der Waals surface area contributed by atoms with E-state index in [2.05, 4.69) is 31.2 Å². The summed E-state index contributed by atoms with van der Waals surface area (Å²) in [5, 5.41) is 2.66. The molecule has 0 unspecified atom stereocenters. The fraction of sp³-hybridized carbons (Fsp3) is 0.100. The van der Waals surface area contributed by atoms with Gasteiger partial charge in [-0.25, -0.2) is 9.97 Å². The van der Waals surface area contributed by atoms with Gasteiger partial charge >= 0.3 is 0 Å². The van der Waals surface area contributed by atoms with E-state index in [0.29, 0.717) is 16.0 Å². The number of carbonyl (C=O) groups excluding carboxylic acids is 1. The Labute approximate surface area is 100 Å². The number of oxazole rings is 1. The number of halogens is 1. The molecule has 0 saturated heterocycles. The molecule has 6 heteroatoms. The van der Waals surface area contributed by atoms with E-state index in [9.17, 15) is 4.79 Å². The Hall–Kier alpha value is -1.69. The lowest BCUT2D eigenvalue weighted by molar-refractivity contribution is 0.0996. The molecule has 0 saturated carbocycles. The predicted molar refractivity (Wildman–Crippen MR) is 61.1 cm³/mol. The number of nitrogens with one attached hydrogen (secondary N) is 1. The summed E-state index contributed by atoms with van der Waals surface area (Å²) < 4.78 is 5.68. The fourth-order valence-electron chi connectivity index (χ4n) is 1.16. The van der Waals surface area contributed by atoms with Crippen molar-refractivity contribution in [1.82, 2.24) is 9.97 Å². The predicted octanol–water partition coefficient (Wildman–Crippen LogP) is 2.39. The molecule has 82 valence electrons. The molecule has 16 heavy (non-hydrogen) atoms. The van der Waals surface area contributed by atoms with Gasteiger partial charge in [-0.15, -0.1) is 0 Å². The molecule has 2 aromatic rings. The number of carbonyl (C=O) groups is 1. The highest BCUT2D eigenvalue weighted by atomic mass is 79.9. The molecule has 0 radical (unpaired) electrons. The quantitative estimate of drug-likeness (QED) is 0.859. The Kier molecular flexibility index (Phi) is 3.00. The number of hydrogen-bond acceptors (Lipinski definition) is 4. The topological polar surface area (TPSA) is 68.0 Å². The van der Waals surface area contributed by atoms with Crippen molar-refractivity contribution in [3.63, 3.8) is 0 Å². The van der Waals surface area contributed by atoms with Crippen molar-refractivity contribution in [2.24, 2.45) is 0 Å². The van der Waals surface area contributed by atoms with Crippen molar-refractivity contribution in [2.45, 2.75) is 6.92 Å². The third kappa shape index (κ3) is 2.27. The molecule has 0 bridgehead atoms. The molecule has 1 N–H and O–H groups in total. The second kappa shape index (κ2) is 4.44. The maximum atomic E-state index is 11.7. The minimum Gasteiger partial charge on any atom is -0.438 e. The summed E-state index contributed by atoms with van der Waals surface area (Å²) in [5.74, 6) is -0.123. The van der Waals surface area contributed by atoms with Gasteiger partial charge < -0.3 is 9.73 Å². The van der Waals surface area contributed by atoms with Crippen LogP contribution in [-0.2, 0) is 0 Å². The molecule has 0 fully saturated rings. The Morgan fingerprint density at radius 2 is 2.25 bits per heavy atom. The Balaban J connectivity index is 2.14. The largest absolute Gasteiger partial charge is 0.438 e. The number of pyridine rings is 1. The van der Waals surface area contributed by atoms with E-state index < -0.39 is 0 Å². The lowest BCUT2D eigenvalue weighted by atomic mass is 10.3. The van der Waals surface area contributed by atoms with Crippen molar-refractivity contribution in [2.75, 3.05) is 5.32 Å². The fourth-order valence-corrected chi connectivity index (χ4v) is 1.39. The maximum Gasteiger partial charge on any atom is 0.293 e. The van der Waals surface area contributed by atoms with E-state index in [1.807, 2.05) is 0 Å². The first-order valence-corrected chi connectivity index (χ1v) is 5.29. The van der Waals surface area contributed by atoms with Gasteiger partial charge in [0.15, 0.2) is 6.39 Å². The average molecular weight is 282 g/mol. The summed E-state index contributed by atoms with van der Waals surface area (Å²) in [6.07, 6.45) is 2.79. The van der Waals surface area contributed by atoms with Crippen LogP contribution in [0, 0.1) is 6.92 Å². The van der Waals surface area contributed by atoms with Gasteiger partial charge in [0.05, 0.1) is 17.6 Å². The molecule has 0 atom stereocenters. The number of aryl methyl sites for hydroxylation is 1. The van der Waals surface area contributed by atoms with E-state index in [1.54, 1.807) is 25.3 Å². The lowest BCUT2D eigenvalue weighted by Crippen LogP contribution is -2.12. The van der Waals surface area contributed by atoms with Crippen molar-refractivity contribution in [1.29, 1.82) is 0 Å². The van der Waals surface area contributed by atoms with E-state index >= 15 is 0 Å². The maximum absolute atomic E-state index is 11.7. The van der Waals surface area contributed by atoms with E-state index in [4.69, 9.17) is 4.42 Å². The van der Waals surface area contributed by atoms with Crippen molar-refractivity contribution < 1.29 is 9.21 Å². The van der Waals surface area contributed by atoms with Crippen LogP contribution in [0.5, 0.6) is 0 Å². The van der Waals surface area contributed by atoms with Crippen LogP contribution in [0.1, 0.15) is 16.2 Å². The Morgan fingerprint density at radius 3 is 2.81 bits per heavy atom. The number of nitrogens with zero attached hydrogens (tertiary/aromatic N) is 2. The summed E-state index contributed by atoms with van der Waals surface area (Å²) in [5.41, 5.74) is 1.16. The second-order valence-corrected chi connectivity index (χ2v) is 3.90. The van der Waals surface area contributed by atoms with Gasteiger partial charge in [-0.3, -0.25) is 4.79 Å². The van der Waals surface area contributed by atoms with Crippen LogP contribution in [0.4, 0.5) is 5.69 Å². The first kappa shape index (κ1) is 10.8. The minimum atomic E-state index is -0.334. The summed E-state index contributed by atoms with van der Waals surface area (Å²) in [7, 11) is 0. The van der Waals surface area contributed by atoms with Crippen LogP contribution in [0.15, 0.2) is 33.7 Å². The zero-order valence-electron chi connectivity index (χ0n) is 8.40. The molecule has 2 rings (SSSR count). The first-order valence-electron chi connectivity index (χ1n) is 4.50. The number of aromatic nitrogens is 2. The zero-order valence-corrected chi connectivity index (χ0v) is 9.98. The molecule has 0 spiro atoms. The van der Waals surface area contributed by atoms with Crippen molar-refractivity contribution in [3.8, 4) is 0 Å². The van der Waals surface area contributed by atoms with Gasteiger partial charge in [0.2, 0.25) is 5.76 Å². The first-order chi connectivity index (χ1) is 7.66. The zero-order chi connectivity index (χ0) is 11.5. The summed E-state index contributed by atoms with van der Waals surface area (Å²) in [6.45, 7) is 1.71. The van der Waals surface area contributed by atoms with Gasteiger partial charge in [0.1, 0.15) is 4.60 Å². The van der Waals surface area contributed by atoms with Crippen LogP contribution in [0.25, 0.3) is 0 Å². The van der Waals surface area contributed by atoms with Gasteiger partial charge in [-0.05, 0) is 35.0 Å². The third-order valence-corrected chi connectivity index (χ3v) is 2.41. The summed E-state index contributed by atoms with van der Waals surface area (Å²) in [4.78, 5) is 19.5. The van der Waals surface area contributed by atoms with Crippen LogP contribution >= 0.6 is 15.9 Å². The van der Waals surface area contributed by atoms with Crippen LogP contribution in [0.3, 0.4) is 0 Å². The van der Waals surface area contributed by atoms with Gasteiger partial charge in [-0.2, -0.15) is 0 Å². The smallest absolute Gasteiger partial charge is 0.293 e. The Bertz CT molecular complexity index is 507. The van der Waals surface area contributed by atoms with Gasteiger partial charge in [0, 0.05) is 0 Å². The highest BCUT2D eigenvalue weighted by Crippen LogP contribution is 2.13. The average Bonchev–Trinajstić information content (AvgIpc) is 2.68. The number of rotatable bonds is 2. The van der Waals surface area contributed by atoms with Gasteiger partial charge in [-0.1, -0.05) is 0 Å². The van der Waals surface area contributed by atoms with E-state index in [1.165, 1.54) is 6.39 Å². The van der Waals surface area contributed by atoms with E-state index in [-0.39, 0.29) is 11.7 Å². The molecule has 0 aliphatic rings. The van der Waals surface area contributed by atoms with Crippen molar-refractivity contribution in [3.05, 3.63) is 40.8 Å². The van der Waals surface area contributed by atoms with Crippen LogP contribution in [0.2, 0.25) is 0 Å². The normalized spacial score (nSPS) is 10.1. The monoisotopic (exact) mass is 281 g/mol. The van der Waals surface area contributed by atoms with E-state index in [0.717, 1.165) is 0 Å². The second-order valence-electron chi connectivity index (χ2n) is 3.09. The summed E-state index contributed by atoms with van der Waals surface area (Å²) >= 11 is 3.21. The van der Waals surface area contributed by atoms with Crippen LogP contribution in [-0.4, -0.2) is 15.9 Å². The number of anilines is 1. The highest BCUT2D eigenvalue weighted by molar-refractivity contribution is 9.10. The highest BCUT2D eigenvalue weighted by Gasteiger charge is 2.13. The molecule has 0 aliphatic carbocycles. The third-order valence-electron chi connectivity index (χ3n) is 1.94. The van der Waals surface area contributed by atoms with Crippen molar-refractivity contribution >= 4 is 27.5 Å². The number of amides is 1. The molecule has 0 aromatic carbocycles. The Morgan fingerprint density at radius 1 is 1.44 bits per heavy atom. The van der Waals surface area contributed by atoms with Crippen LogP contribution < -0.4 is 5.32 Å². The lowest BCUT2D eigenvalue weighted by Gasteiger charge is -2.02. The van der Waals surface area contributed by atoms with Gasteiger partial charge in [0.25, 0.3) is 5.91 Å². The standard InChI is InChI=1S/C10H8BrN3O2/c1-6-9(16-5-13-6)10(15)14-7-2-3-8(11)12-4-7/h2-5H,1H3,(H,14,15). The number of hydrogen-bond donors (Lipinski definition) is 1. The molecule has 5 nitrogen and oxygen atoms in total. The molecular formula is C10H8BrN3O2. The molecule has 0 aliphatic heterocycles. The molecule has 1 amide bonds. The summed E-state index contributed by atoms with van der Waals surface area (Å²) in [6, 6.07) is 3.48.